The number of Topliss-reactive ketones (excluding diaryl/α,β-unsaturated/α-hetero) is 1. The Labute approximate surface area is 178 Å². The van der Waals surface area contributed by atoms with Gasteiger partial charge < -0.3 is 19.3 Å². The summed E-state index contributed by atoms with van der Waals surface area (Å²) >= 11 is 0. The molecular formula is C24H34O6. The summed E-state index contributed by atoms with van der Waals surface area (Å²) in [5.41, 5.74) is -0.349. The highest BCUT2D eigenvalue weighted by atomic mass is 16.9. The molecule has 4 aliphatic carbocycles. The third kappa shape index (κ3) is 2.51. The highest BCUT2D eigenvalue weighted by Crippen LogP contribution is 2.69. The lowest BCUT2D eigenvalue weighted by Crippen LogP contribution is -2.67. The van der Waals surface area contributed by atoms with Crippen LogP contribution in [0.1, 0.15) is 65.7 Å². The average Bonchev–Trinajstić information content (AvgIpc) is 2.98. The SMILES string of the molecule is CO[C@]1(C)OCC(=O)[C@]2(CC[C@@H]3[C@@H]4CCC5=CC(=O)CC[C@]5(C)[C@H]4[C@@H](O)C[C@]32C)O1. The van der Waals surface area contributed by atoms with Crippen LogP contribution in [0.25, 0.3) is 0 Å². The molecule has 0 radical (unpaired) electrons. The van der Waals surface area contributed by atoms with Gasteiger partial charge in [0.1, 0.15) is 12.2 Å². The molecule has 1 N–H and O–H groups in total. The van der Waals surface area contributed by atoms with Gasteiger partial charge >= 0.3 is 0 Å². The number of hydrogen-bond donors (Lipinski definition) is 1. The number of hydrogen-bond acceptors (Lipinski definition) is 6. The van der Waals surface area contributed by atoms with E-state index in [9.17, 15) is 14.7 Å². The summed E-state index contributed by atoms with van der Waals surface area (Å²) in [7, 11) is 1.53. The van der Waals surface area contributed by atoms with Crippen molar-refractivity contribution in [1.82, 2.24) is 0 Å². The Morgan fingerprint density at radius 3 is 2.63 bits per heavy atom. The Balaban J connectivity index is 1.54. The van der Waals surface area contributed by atoms with Gasteiger partial charge in [-0.3, -0.25) is 9.59 Å². The molecule has 0 aromatic carbocycles. The Kier molecular flexibility index (Phi) is 4.49. The molecular weight excluding hydrogens is 384 g/mol. The predicted octanol–water partition coefficient (Wildman–Crippen LogP) is 3.16. The quantitative estimate of drug-likeness (QED) is 0.704. The summed E-state index contributed by atoms with van der Waals surface area (Å²) in [4.78, 5) is 25.3. The number of carbonyl (C=O) groups is 2. The summed E-state index contributed by atoms with van der Waals surface area (Å²) in [6.07, 6.45) is 6.64. The Morgan fingerprint density at radius 1 is 1.13 bits per heavy atom. The second kappa shape index (κ2) is 6.47. The minimum absolute atomic E-state index is 0.0243. The Bertz CT molecular complexity index is 821. The number of methoxy groups -OCH3 is 1. The predicted molar refractivity (Wildman–Crippen MR) is 108 cm³/mol. The molecule has 1 aliphatic heterocycles. The first-order chi connectivity index (χ1) is 14.1. The Hall–Kier alpha value is -1.08. The van der Waals surface area contributed by atoms with E-state index in [1.54, 1.807) is 6.92 Å². The standard InChI is InChI=1S/C24H34O6/c1-21-9-7-15(25)11-14(21)5-6-16-17-8-10-24(22(17,2)12-18(26)20(16)21)19(27)13-29-23(3,28-4)30-24/h11,16-18,20,26H,5-10,12-13H2,1-4H3/t16-,17+,18-,20+,21-,22+,23+,24-/m0/s1. The van der Waals surface area contributed by atoms with Gasteiger partial charge in [0.15, 0.2) is 11.6 Å². The van der Waals surface area contributed by atoms with Crippen molar-refractivity contribution in [1.29, 1.82) is 0 Å². The van der Waals surface area contributed by atoms with E-state index in [0.29, 0.717) is 31.1 Å². The van der Waals surface area contributed by atoms with Crippen molar-refractivity contribution >= 4 is 11.6 Å². The van der Waals surface area contributed by atoms with Gasteiger partial charge in [-0.1, -0.05) is 19.4 Å². The average molecular weight is 419 g/mol. The van der Waals surface area contributed by atoms with Gasteiger partial charge in [0.05, 0.1) is 6.10 Å². The fourth-order valence-corrected chi connectivity index (χ4v) is 8.12. The van der Waals surface area contributed by atoms with Gasteiger partial charge in [0.2, 0.25) is 0 Å². The second-order valence-electron chi connectivity index (χ2n) is 10.8. The van der Waals surface area contributed by atoms with Crippen LogP contribution in [0.5, 0.6) is 0 Å². The highest BCUT2D eigenvalue weighted by Gasteiger charge is 2.71. The van der Waals surface area contributed by atoms with E-state index in [4.69, 9.17) is 14.2 Å². The molecule has 6 nitrogen and oxygen atoms in total. The van der Waals surface area contributed by atoms with Gasteiger partial charge in [-0.25, -0.2) is 0 Å². The number of aliphatic hydroxyl groups excluding tert-OH is 1. The molecule has 0 unspecified atom stereocenters. The number of carbonyl (C=O) groups excluding carboxylic acids is 2. The smallest absolute Gasteiger partial charge is 0.281 e. The van der Waals surface area contributed by atoms with Gasteiger partial charge in [-0.15, -0.1) is 0 Å². The topological polar surface area (TPSA) is 82.1 Å². The van der Waals surface area contributed by atoms with Crippen LogP contribution in [0, 0.1) is 28.6 Å². The van der Waals surface area contributed by atoms with Crippen LogP contribution in [-0.4, -0.2) is 48.1 Å². The van der Waals surface area contributed by atoms with Gasteiger partial charge in [-0.05, 0) is 67.8 Å². The van der Waals surface area contributed by atoms with Crippen LogP contribution in [0.3, 0.4) is 0 Å². The van der Waals surface area contributed by atoms with Crippen LogP contribution in [-0.2, 0) is 23.8 Å². The molecule has 3 saturated carbocycles. The number of rotatable bonds is 1. The Morgan fingerprint density at radius 2 is 1.90 bits per heavy atom. The van der Waals surface area contributed by atoms with E-state index in [2.05, 4.69) is 13.8 Å². The summed E-state index contributed by atoms with van der Waals surface area (Å²) in [5, 5.41) is 11.5. The van der Waals surface area contributed by atoms with Gasteiger partial charge in [0.25, 0.3) is 5.97 Å². The minimum atomic E-state index is -1.24. The van der Waals surface area contributed by atoms with Crippen molar-refractivity contribution in [2.75, 3.05) is 13.7 Å². The molecule has 1 heterocycles. The van der Waals surface area contributed by atoms with Crippen molar-refractivity contribution in [3.8, 4) is 0 Å². The molecule has 5 rings (SSSR count). The fraction of sp³-hybridized carbons (Fsp3) is 0.833. The maximum absolute atomic E-state index is 13.2. The minimum Gasteiger partial charge on any atom is -0.393 e. The fourth-order valence-electron chi connectivity index (χ4n) is 8.12. The first kappa shape index (κ1) is 20.8. The molecule has 0 aromatic rings. The van der Waals surface area contributed by atoms with Crippen molar-refractivity contribution in [2.24, 2.45) is 28.6 Å². The van der Waals surface area contributed by atoms with Crippen LogP contribution < -0.4 is 0 Å². The lowest BCUT2D eigenvalue weighted by atomic mass is 9.45. The molecule has 5 aliphatic rings. The van der Waals surface area contributed by atoms with Crippen molar-refractivity contribution in [3.05, 3.63) is 11.6 Å². The first-order valence-electron chi connectivity index (χ1n) is 11.4. The monoisotopic (exact) mass is 418 g/mol. The molecule has 0 amide bonds. The largest absolute Gasteiger partial charge is 0.393 e. The molecule has 8 atom stereocenters. The zero-order valence-corrected chi connectivity index (χ0v) is 18.5. The second-order valence-corrected chi connectivity index (χ2v) is 10.8. The zero-order chi connectivity index (χ0) is 21.5. The zero-order valence-electron chi connectivity index (χ0n) is 18.5. The lowest BCUT2D eigenvalue weighted by Gasteiger charge is -2.61. The highest BCUT2D eigenvalue weighted by molar-refractivity contribution is 5.92. The molecule has 6 heteroatoms. The molecule has 166 valence electrons. The van der Waals surface area contributed by atoms with E-state index in [0.717, 1.165) is 25.7 Å². The third-order valence-corrected chi connectivity index (χ3v) is 9.66. The van der Waals surface area contributed by atoms with Crippen molar-refractivity contribution in [2.45, 2.75) is 83.4 Å². The van der Waals surface area contributed by atoms with Crippen molar-refractivity contribution < 1.29 is 28.9 Å². The maximum atomic E-state index is 13.2. The maximum Gasteiger partial charge on any atom is 0.281 e. The van der Waals surface area contributed by atoms with Gasteiger partial charge in [-0.2, -0.15) is 0 Å². The van der Waals surface area contributed by atoms with Crippen LogP contribution in [0.4, 0.5) is 0 Å². The molecule has 1 spiro atoms. The molecule has 30 heavy (non-hydrogen) atoms. The third-order valence-electron chi connectivity index (χ3n) is 9.66. The number of ketones is 2. The summed E-state index contributed by atoms with van der Waals surface area (Å²) in [6, 6.07) is 0. The van der Waals surface area contributed by atoms with Crippen molar-refractivity contribution in [3.63, 3.8) is 0 Å². The number of aliphatic hydroxyl groups is 1. The first-order valence-corrected chi connectivity index (χ1v) is 11.4. The van der Waals surface area contributed by atoms with Gasteiger partial charge in [0, 0.05) is 25.9 Å². The summed E-state index contributed by atoms with van der Waals surface area (Å²) < 4.78 is 17.4. The van der Waals surface area contributed by atoms with E-state index in [1.165, 1.54) is 12.7 Å². The van der Waals surface area contributed by atoms with E-state index in [1.807, 2.05) is 6.08 Å². The van der Waals surface area contributed by atoms with E-state index in [-0.39, 0.29) is 29.5 Å². The lowest BCUT2D eigenvalue weighted by molar-refractivity contribution is -0.415. The van der Waals surface area contributed by atoms with Crippen LogP contribution >= 0.6 is 0 Å². The molecule has 4 fully saturated rings. The number of allylic oxidation sites excluding steroid dienone is 1. The number of fused-ring (bicyclic) bond motifs is 6. The van der Waals surface area contributed by atoms with Crippen LogP contribution in [0.2, 0.25) is 0 Å². The van der Waals surface area contributed by atoms with E-state index < -0.39 is 23.1 Å². The van der Waals surface area contributed by atoms with Crippen LogP contribution in [0.15, 0.2) is 11.6 Å². The number of ether oxygens (including phenoxy) is 3. The van der Waals surface area contributed by atoms with E-state index >= 15 is 0 Å². The summed E-state index contributed by atoms with van der Waals surface area (Å²) in [6.45, 7) is 6.08. The molecule has 0 aromatic heterocycles. The normalized spacial score (nSPS) is 53.2. The molecule has 1 saturated heterocycles. The summed E-state index contributed by atoms with van der Waals surface area (Å²) in [5.74, 6) is -0.310. The molecule has 0 bridgehead atoms.